The van der Waals surface area contributed by atoms with Crippen LogP contribution in [0.15, 0.2) is 24.3 Å². The fourth-order valence-corrected chi connectivity index (χ4v) is 2.35. The fraction of sp³-hybridized carbons (Fsp3) is 0.571. The molecule has 3 nitrogen and oxygen atoms in total. The first-order valence-electron chi connectivity index (χ1n) is 6.65. The molecule has 0 fully saturated rings. The Kier molecular flexibility index (Phi) is 5.69. The van der Waals surface area contributed by atoms with Crippen LogP contribution in [-0.2, 0) is 11.3 Å². The van der Waals surface area contributed by atoms with Gasteiger partial charge in [-0.15, -0.1) is 0 Å². The van der Waals surface area contributed by atoms with Gasteiger partial charge in [0.1, 0.15) is 6.61 Å². The van der Waals surface area contributed by atoms with Crippen LogP contribution in [0.5, 0.6) is 0 Å². The average Bonchev–Trinajstić information content (AvgIpc) is 2.61. The molecular formula is C14H20F2N2O. The van der Waals surface area contributed by atoms with E-state index in [1.54, 1.807) is 0 Å². The number of benzene rings is 1. The van der Waals surface area contributed by atoms with Gasteiger partial charge in [-0.05, 0) is 24.1 Å². The van der Waals surface area contributed by atoms with Crippen LogP contribution in [0.3, 0.4) is 0 Å². The summed E-state index contributed by atoms with van der Waals surface area (Å²) in [7, 11) is 0. The molecule has 0 radical (unpaired) electrons. The van der Waals surface area contributed by atoms with E-state index in [4.69, 9.17) is 4.74 Å². The number of hydrogen-bond donors (Lipinski definition) is 2. The molecule has 1 aliphatic heterocycles. The van der Waals surface area contributed by atoms with Crippen molar-refractivity contribution in [3.63, 3.8) is 0 Å². The van der Waals surface area contributed by atoms with Gasteiger partial charge in [0.2, 0.25) is 0 Å². The SMILES string of the molecule is FC(F)COCCNC1CCNCc2ccccc21. The van der Waals surface area contributed by atoms with Crippen LogP contribution in [0.2, 0.25) is 0 Å². The Morgan fingerprint density at radius 3 is 3.05 bits per heavy atom. The van der Waals surface area contributed by atoms with Gasteiger partial charge in [-0.2, -0.15) is 0 Å². The predicted octanol–water partition coefficient (Wildman–Crippen LogP) is 2.09. The van der Waals surface area contributed by atoms with Crippen molar-refractivity contribution in [2.75, 3.05) is 26.3 Å². The quantitative estimate of drug-likeness (QED) is 0.777. The molecule has 1 unspecified atom stereocenters. The van der Waals surface area contributed by atoms with Gasteiger partial charge in [0.25, 0.3) is 6.43 Å². The zero-order chi connectivity index (χ0) is 13.5. The Morgan fingerprint density at radius 1 is 1.37 bits per heavy atom. The van der Waals surface area contributed by atoms with Crippen molar-refractivity contribution >= 4 is 0 Å². The summed E-state index contributed by atoms with van der Waals surface area (Å²) in [4.78, 5) is 0. The molecule has 0 saturated heterocycles. The maximum Gasteiger partial charge on any atom is 0.261 e. The molecule has 2 N–H and O–H groups in total. The summed E-state index contributed by atoms with van der Waals surface area (Å²) in [5.41, 5.74) is 2.59. The van der Waals surface area contributed by atoms with Crippen LogP contribution in [-0.4, -0.2) is 32.7 Å². The van der Waals surface area contributed by atoms with Crippen molar-refractivity contribution in [3.05, 3.63) is 35.4 Å². The zero-order valence-electron chi connectivity index (χ0n) is 10.9. The van der Waals surface area contributed by atoms with E-state index in [1.165, 1.54) is 11.1 Å². The first-order valence-corrected chi connectivity index (χ1v) is 6.65. The molecule has 0 aromatic heterocycles. The van der Waals surface area contributed by atoms with Gasteiger partial charge in [-0.1, -0.05) is 24.3 Å². The van der Waals surface area contributed by atoms with Crippen molar-refractivity contribution in [1.82, 2.24) is 10.6 Å². The molecule has 5 heteroatoms. The van der Waals surface area contributed by atoms with Crippen LogP contribution in [0.25, 0.3) is 0 Å². The number of alkyl halides is 2. The minimum Gasteiger partial charge on any atom is -0.374 e. The predicted molar refractivity (Wildman–Crippen MR) is 70.3 cm³/mol. The molecular weight excluding hydrogens is 250 g/mol. The molecule has 1 heterocycles. The van der Waals surface area contributed by atoms with Gasteiger partial charge >= 0.3 is 0 Å². The largest absolute Gasteiger partial charge is 0.374 e. The Bertz CT molecular complexity index is 387. The van der Waals surface area contributed by atoms with E-state index in [2.05, 4.69) is 22.8 Å². The van der Waals surface area contributed by atoms with E-state index in [9.17, 15) is 8.78 Å². The van der Waals surface area contributed by atoms with Crippen molar-refractivity contribution in [1.29, 1.82) is 0 Å². The molecule has 0 spiro atoms. The van der Waals surface area contributed by atoms with Crippen LogP contribution in [0.4, 0.5) is 8.78 Å². The number of fused-ring (bicyclic) bond motifs is 1. The van der Waals surface area contributed by atoms with Crippen LogP contribution in [0, 0.1) is 0 Å². The number of nitrogens with one attached hydrogen (secondary N) is 2. The summed E-state index contributed by atoms with van der Waals surface area (Å²) in [6, 6.07) is 8.58. The van der Waals surface area contributed by atoms with Crippen LogP contribution < -0.4 is 10.6 Å². The average molecular weight is 270 g/mol. The maximum absolute atomic E-state index is 11.9. The maximum atomic E-state index is 11.9. The van der Waals surface area contributed by atoms with E-state index in [0.29, 0.717) is 13.2 Å². The molecule has 19 heavy (non-hydrogen) atoms. The first kappa shape index (κ1) is 14.4. The molecule has 0 amide bonds. The molecule has 2 rings (SSSR count). The summed E-state index contributed by atoms with van der Waals surface area (Å²) in [5.74, 6) is 0. The molecule has 1 atom stereocenters. The Hall–Kier alpha value is -1.04. The third-order valence-electron chi connectivity index (χ3n) is 3.24. The lowest BCUT2D eigenvalue weighted by molar-refractivity contribution is 0.0181. The third-order valence-corrected chi connectivity index (χ3v) is 3.24. The monoisotopic (exact) mass is 270 g/mol. The number of hydrogen-bond acceptors (Lipinski definition) is 3. The van der Waals surface area contributed by atoms with Crippen molar-refractivity contribution < 1.29 is 13.5 Å². The van der Waals surface area contributed by atoms with Crippen LogP contribution in [0.1, 0.15) is 23.6 Å². The topological polar surface area (TPSA) is 33.3 Å². The van der Waals surface area contributed by atoms with Gasteiger partial charge in [0.05, 0.1) is 6.61 Å². The van der Waals surface area contributed by atoms with Crippen molar-refractivity contribution in [3.8, 4) is 0 Å². The molecule has 1 aromatic carbocycles. The number of halogens is 2. The highest BCUT2D eigenvalue weighted by molar-refractivity contribution is 5.30. The zero-order valence-corrected chi connectivity index (χ0v) is 10.9. The first-order chi connectivity index (χ1) is 9.27. The second-order valence-electron chi connectivity index (χ2n) is 4.64. The van der Waals surface area contributed by atoms with Gasteiger partial charge in [-0.3, -0.25) is 0 Å². The molecule has 0 aliphatic carbocycles. The lowest BCUT2D eigenvalue weighted by Crippen LogP contribution is -2.27. The smallest absolute Gasteiger partial charge is 0.261 e. The molecule has 1 aliphatic rings. The van der Waals surface area contributed by atoms with E-state index < -0.39 is 13.0 Å². The minimum atomic E-state index is -2.39. The summed E-state index contributed by atoms with van der Waals surface area (Å²) in [6.07, 6.45) is -1.39. The molecule has 106 valence electrons. The van der Waals surface area contributed by atoms with E-state index in [1.807, 2.05) is 12.1 Å². The van der Waals surface area contributed by atoms with Gasteiger partial charge in [0.15, 0.2) is 0 Å². The standard InChI is InChI=1S/C14H20F2N2O/c15-14(16)10-19-8-7-18-13-5-6-17-9-11-3-1-2-4-12(11)13/h1-4,13-14,17-18H,5-10H2. The lowest BCUT2D eigenvalue weighted by Gasteiger charge is -2.19. The Labute approximate surface area is 112 Å². The highest BCUT2D eigenvalue weighted by Gasteiger charge is 2.17. The molecule has 0 saturated carbocycles. The van der Waals surface area contributed by atoms with Crippen molar-refractivity contribution in [2.24, 2.45) is 0 Å². The van der Waals surface area contributed by atoms with Gasteiger partial charge in [0, 0.05) is 19.1 Å². The number of rotatable bonds is 6. The van der Waals surface area contributed by atoms with E-state index in [-0.39, 0.29) is 6.04 Å². The third kappa shape index (κ3) is 4.53. The molecule has 1 aromatic rings. The van der Waals surface area contributed by atoms with Gasteiger partial charge < -0.3 is 15.4 Å². The molecule has 0 bridgehead atoms. The van der Waals surface area contributed by atoms with E-state index >= 15 is 0 Å². The van der Waals surface area contributed by atoms with Crippen molar-refractivity contribution in [2.45, 2.75) is 25.4 Å². The number of ether oxygens (including phenoxy) is 1. The summed E-state index contributed by atoms with van der Waals surface area (Å²) < 4.78 is 28.7. The normalized spacial score (nSPS) is 19.2. The Balaban J connectivity index is 1.83. The lowest BCUT2D eigenvalue weighted by atomic mass is 9.99. The summed E-state index contributed by atoms with van der Waals surface area (Å²) in [6.45, 7) is 2.26. The minimum absolute atomic E-state index is 0.265. The second kappa shape index (κ2) is 7.53. The highest BCUT2D eigenvalue weighted by Crippen LogP contribution is 2.23. The highest BCUT2D eigenvalue weighted by atomic mass is 19.3. The fourth-order valence-electron chi connectivity index (χ4n) is 2.35. The summed E-state index contributed by atoms with van der Waals surface area (Å²) >= 11 is 0. The van der Waals surface area contributed by atoms with Gasteiger partial charge in [-0.25, -0.2) is 8.78 Å². The Morgan fingerprint density at radius 2 is 2.21 bits per heavy atom. The van der Waals surface area contributed by atoms with Crippen LogP contribution >= 0.6 is 0 Å². The summed E-state index contributed by atoms with van der Waals surface area (Å²) in [5, 5.41) is 6.76. The second-order valence-corrected chi connectivity index (χ2v) is 4.64. The van der Waals surface area contributed by atoms with E-state index in [0.717, 1.165) is 19.5 Å².